The topological polar surface area (TPSA) is 80.1 Å². The quantitative estimate of drug-likeness (QED) is 0.526. The minimum Gasteiger partial charge on any atom is -0.379 e. The van der Waals surface area contributed by atoms with E-state index in [2.05, 4.69) is 30.5 Å². The summed E-state index contributed by atoms with van der Waals surface area (Å²) in [6.07, 6.45) is -2.68. The number of benzene rings is 1. The lowest BCUT2D eigenvalue weighted by Gasteiger charge is -2.26. The average molecular weight is 464 g/mol. The summed E-state index contributed by atoms with van der Waals surface area (Å²) in [7, 11) is 0. The van der Waals surface area contributed by atoms with Crippen LogP contribution in [0.15, 0.2) is 30.6 Å². The number of halogens is 3. The third-order valence-corrected chi connectivity index (χ3v) is 5.51. The van der Waals surface area contributed by atoms with E-state index in [1.165, 1.54) is 6.07 Å². The summed E-state index contributed by atoms with van der Waals surface area (Å²) in [6, 6.07) is 5.39. The van der Waals surface area contributed by atoms with Gasteiger partial charge in [0, 0.05) is 38.8 Å². The maximum Gasteiger partial charge on any atom is 0.416 e. The number of nitrogens with zero attached hydrogens (tertiary/aromatic N) is 5. The molecule has 0 spiro atoms. The van der Waals surface area contributed by atoms with E-state index in [9.17, 15) is 13.2 Å². The second kappa shape index (κ2) is 9.92. The first-order valence-corrected chi connectivity index (χ1v) is 11.0. The van der Waals surface area contributed by atoms with Gasteiger partial charge in [0.05, 0.1) is 25.1 Å². The van der Waals surface area contributed by atoms with Crippen molar-refractivity contribution in [2.24, 2.45) is 0 Å². The van der Waals surface area contributed by atoms with Gasteiger partial charge in [-0.2, -0.15) is 23.1 Å². The third kappa shape index (κ3) is 5.72. The molecule has 0 saturated carbocycles. The van der Waals surface area contributed by atoms with Gasteiger partial charge in [-0.05, 0) is 31.5 Å². The molecule has 0 radical (unpaired) electrons. The van der Waals surface area contributed by atoms with Crippen LogP contribution in [0.1, 0.15) is 31.0 Å². The van der Waals surface area contributed by atoms with Crippen molar-refractivity contribution in [2.45, 2.75) is 32.6 Å². The van der Waals surface area contributed by atoms with Gasteiger partial charge < -0.3 is 19.9 Å². The smallest absolute Gasteiger partial charge is 0.379 e. The molecule has 3 aromatic rings. The molecule has 0 amide bonds. The molecule has 1 fully saturated rings. The van der Waals surface area contributed by atoms with Crippen LogP contribution in [0.4, 0.5) is 24.9 Å². The lowest BCUT2D eigenvalue weighted by Crippen LogP contribution is -2.39. The van der Waals surface area contributed by atoms with Gasteiger partial charge >= 0.3 is 6.18 Å². The van der Waals surface area contributed by atoms with Crippen molar-refractivity contribution >= 4 is 22.9 Å². The number of alkyl halides is 3. The lowest BCUT2D eigenvalue weighted by molar-refractivity contribution is -0.137. The highest BCUT2D eigenvalue weighted by atomic mass is 19.4. The Morgan fingerprint density at radius 2 is 1.91 bits per heavy atom. The van der Waals surface area contributed by atoms with E-state index in [0.717, 1.165) is 45.0 Å². The maximum atomic E-state index is 13.1. The fourth-order valence-electron chi connectivity index (χ4n) is 3.69. The molecule has 1 aliphatic rings. The highest BCUT2D eigenvalue weighted by molar-refractivity contribution is 5.84. The molecule has 0 atom stereocenters. The number of imidazole rings is 1. The molecular formula is C22H28F3N7O. The number of aromatic nitrogens is 4. The number of anilines is 2. The Bertz CT molecular complexity index is 1080. The fraction of sp³-hybridized carbons (Fsp3) is 0.500. The normalized spacial score (nSPS) is 15.3. The van der Waals surface area contributed by atoms with Gasteiger partial charge in [-0.15, -0.1) is 0 Å². The number of morpholine rings is 1. The predicted molar refractivity (Wildman–Crippen MR) is 120 cm³/mol. The minimum absolute atomic E-state index is 0.141. The summed E-state index contributed by atoms with van der Waals surface area (Å²) in [4.78, 5) is 16.0. The summed E-state index contributed by atoms with van der Waals surface area (Å²) >= 11 is 0. The number of fused-ring (bicyclic) bond motifs is 1. The van der Waals surface area contributed by atoms with Crippen molar-refractivity contribution in [3.05, 3.63) is 41.7 Å². The molecule has 0 aliphatic carbocycles. The van der Waals surface area contributed by atoms with Gasteiger partial charge in [0.15, 0.2) is 17.0 Å². The zero-order valence-electron chi connectivity index (χ0n) is 18.7. The molecule has 2 aromatic heterocycles. The molecule has 2 N–H and O–H groups in total. The van der Waals surface area contributed by atoms with Gasteiger partial charge in [-0.25, -0.2) is 4.98 Å². The van der Waals surface area contributed by atoms with Gasteiger partial charge in [0.1, 0.15) is 0 Å². The number of hydrogen-bond donors (Lipinski definition) is 2. The van der Waals surface area contributed by atoms with E-state index >= 15 is 0 Å². The molecule has 4 rings (SSSR count). The average Bonchev–Trinajstić information content (AvgIpc) is 3.22. The largest absolute Gasteiger partial charge is 0.416 e. The first kappa shape index (κ1) is 23.2. The summed E-state index contributed by atoms with van der Waals surface area (Å²) < 4.78 is 46.5. The molecule has 0 unspecified atom stereocenters. The zero-order chi connectivity index (χ0) is 23.4. The predicted octanol–water partition coefficient (Wildman–Crippen LogP) is 3.78. The standard InChI is InChI=1S/C22H28F3N7O/c1-15(2)32-14-28-18-19(27-13-16-4-3-5-17(12-16)22(23,24)25)29-21(30-20(18)32)26-6-7-31-8-10-33-11-9-31/h3-5,12,14-15H,6-11,13H2,1-2H3,(H2,26,27,29,30). The third-order valence-electron chi connectivity index (χ3n) is 5.51. The van der Waals surface area contributed by atoms with Crippen LogP contribution >= 0.6 is 0 Å². The number of nitrogens with one attached hydrogen (secondary N) is 2. The monoisotopic (exact) mass is 463 g/mol. The summed E-state index contributed by atoms with van der Waals surface area (Å²) in [6.45, 7) is 9.00. The van der Waals surface area contributed by atoms with Crippen molar-refractivity contribution in [3.8, 4) is 0 Å². The minimum atomic E-state index is -4.38. The van der Waals surface area contributed by atoms with Crippen molar-refractivity contribution in [1.82, 2.24) is 24.4 Å². The van der Waals surface area contributed by atoms with E-state index in [1.54, 1.807) is 12.4 Å². The summed E-state index contributed by atoms with van der Waals surface area (Å²) in [5.41, 5.74) is 1.07. The van der Waals surface area contributed by atoms with Crippen molar-refractivity contribution in [2.75, 3.05) is 50.0 Å². The first-order valence-electron chi connectivity index (χ1n) is 11.0. The van der Waals surface area contributed by atoms with Crippen LogP contribution in [0, 0.1) is 0 Å². The van der Waals surface area contributed by atoms with Crippen LogP contribution in [-0.2, 0) is 17.5 Å². The summed E-state index contributed by atoms with van der Waals surface area (Å²) in [5.74, 6) is 0.926. The molecule has 1 saturated heterocycles. The van der Waals surface area contributed by atoms with Crippen molar-refractivity contribution < 1.29 is 17.9 Å². The number of hydrogen-bond acceptors (Lipinski definition) is 7. The van der Waals surface area contributed by atoms with E-state index in [1.807, 2.05) is 18.4 Å². The van der Waals surface area contributed by atoms with E-state index in [0.29, 0.717) is 35.0 Å². The molecule has 11 heteroatoms. The molecule has 0 bridgehead atoms. The zero-order valence-corrected chi connectivity index (χ0v) is 18.7. The Hall–Kier alpha value is -2.92. The molecule has 178 valence electrons. The molecule has 3 heterocycles. The Kier molecular flexibility index (Phi) is 6.99. The van der Waals surface area contributed by atoms with Crippen LogP contribution < -0.4 is 10.6 Å². The van der Waals surface area contributed by atoms with Gasteiger partial charge in [0.25, 0.3) is 0 Å². The van der Waals surface area contributed by atoms with Gasteiger partial charge in [-0.1, -0.05) is 12.1 Å². The van der Waals surface area contributed by atoms with Gasteiger partial charge in [0.2, 0.25) is 5.95 Å². The molecule has 33 heavy (non-hydrogen) atoms. The lowest BCUT2D eigenvalue weighted by atomic mass is 10.1. The van der Waals surface area contributed by atoms with Crippen molar-refractivity contribution in [1.29, 1.82) is 0 Å². The number of ether oxygens (including phenoxy) is 1. The summed E-state index contributed by atoms with van der Waals surface area (Å²) in [5, 5.41) is 6.43. The Labute approximate surface area is 190 Å². The second-order valence-corrected chi connectivity index (χ2v) is 8.25. The van der Waals surface area contributed by atoms with Crippen LogP contribution in [0.2, 0.25) is 0 Å². The molecule has 1 aliphatic heterocycles. The molecule has 8 nitrogen and oxygen atoms in total. The fourth-order valence-corrected chi connectivity index (χ4v) is 3.69. The SMILES string of the molecule is CC(C)n1cnc2c(NCc3cccc(C(F)(F)F)c3)nc(NCCN3CCOCC3)nc21. The highest BCUT2D eigenvalue weighted by Gasteiger charge is 2.30. The van der Waals surface area contributed by atoms with Crippen molar-refractivity contribution in [3.63, 3.8) is 0 Å². The molecule has 1 aromatic carbocycles. The van der Waals surface area contributed by atoms with Crippen LogP contribution in [0.3, 0.4) is 0 Å². The van der Waals surface area contributed by atoms with Gasteiger partial charge in [-0.3, -0.25) is 4.90 Å². The van der Waals surface area contributed by atoms with E-state index in [4.69, 9.17) is 4.74 Å². The maximum absolute atomic E-state index is 13.1. The van der Waals surface area contributed by atoms with Crippen LogP contribution in [0.25, 0.3) is 11.2 Å². The van der Waals surface area contributed by atoms with E-state index in [-0.39, 0.29) is 12.6 Å². The molecular weight excluding hydrogens is 435 g/mol. The first-order chi connectivity index (χ1) is 15.8. The Morgan fingerprint density at radius 3 is 2.64 bits per heavy atom. The highest BCUT2D eigenvalue weighted by Crippen LogP contribution is 2.30. The second-order valence-electron chi connectivity index (χ2n) is 8.25. The Morgan fingerprint density at radius 1 is 1.12 bits per heavy atom. The van der Waals surface area contributed by atoms with Crippen LogP contribution in [-0.4, -0.2) is 63.8 Å². The van der Waals surface area contributed by atoms with E-state index < -0.39 is 11.7 Å². The van der Waals surface area contributed by atoms with Crippen LogP contribution in [0.5, 0.6) is 0 Å². The number of rotatable bonds is 8. The Balaban J connectivity index is 1.53.